The van der Waals surface area contributed by atoms with Gasteiger partial charge in [-0.3, -0.25) is 4.98 Å². The molecular weight excluding hydrogens is 785 g/mol. The monoisotopic (exact) mass is 828 g/mol. The first-order valence-electron chi connectivity index (χ1n) is 22.7. The van der Waals surface area contributed by atoms with Crippen LogP contribution >= 0.6 is 0 Å². The van der Waals surface area contributed by atoms with Crippen molar-refractivity contribution in [3.63, 3.8) is 0 Å². The number of anilines is 3. The van der Waals surface area contributed by atoms with E-state index in [1.807, 2.05) is 6.20 Å². The summed E-state index contributed by atoms with van der Waals surface area (Å²) in [6.45, 7) is 4.76. The van der Waals surface area contributed by atoms with Gasteiger partial charge in [0.2, 0.25) is 0 Å². The molecule has 9 aromatic carbocycles. The lowest BCUT2D eigenvalue weighted by Gasteiger charge is -2.34. The Morgan fingerprint density at radius 3 is 1.46 bits per heavy atom. The Balaban J connectivity index is 1.13. The molecule has 0 fully saturated rings. The van der Waals surface area contributed by atoms with Gasteiger partial charge in [0, 0.05) is 28.4 Å². The summed E-state index contributed by atoms with van der Waals surface area (Å²) >= 11 is 0. The number of fused-ring (bicyclic) bond motifs is 13. The molecule has 0 bridgehead atoms. The van der Waals surface area contributed by atoms with Crippen molar-refractivity contribution in [2.24, 2.45) is 0 Å². The van der Waals surface area contributed by atoms with Crippen molar-refractivity contribution in [2.45, 2.75) is 24.7 Å². The minimum atomic E-state index is -0.497. The second-order valence-electron chi connectivity index (χ2n) is 18.2. The Labute approximate surface area is 380 Å². The van der Waals surface area contributed by atoms with Gasteiger partial charge in [-0.1, -0.05) is 208 Å². The Hall–Kier alpha value is -8.07. The maximum atomic E-state index is 4.99. The normalized spacial score (nSPS) is 13.9. The molecule has 2 heteroatoms. The van der Waals surface area contributed by atoms with Gasteiger partial charge in [0.15, 0.2) is 0 Å². The number of pyridine rings is 1. The molecule has 3 aliphatic rings. The predicted molar refractivity (Wildman–Crippen MR) is 269 cm³/mol. The summed E-state index contributed by atoms with van der Waals surface area (Å²) in [7, 11) is 0. The molecule has 306 valence electrons. The highest BCUT2D eigenvalue weighted by Gasteiger charge is 2.51. The molecule has 65 heavy (non-hydrogen) atoms. The highest BCUT2D eigenvalue weighted by Crippen LogP contribution is 2.64. The highest BCUT2D eigenvalue weighted by molar-refractivity contribution is 6.02. The third kappa shape index (κ3) is 5.26. The van der Waals surface area contributed by atoms with Gasteiger partial charge in [-0.05, 0) is 113 Å². The summed E-state index contributed by atoms with van der Waals surface area (Å²) in [5.41, 5.74) is 25.2. The highest BCUT2D eigenvalue weighted by atomic mass is 15.2. The fourth-order valence-electron chi connectivity index (χ4n) is 12.0. The molecule has 0 N–H and O–H groups in total. The van der Waals surface area contributed by atoms with Crippen LogP contribution in [0.25, 0.3) is 66.8 Å². The summed E-state index contributed by atoms with van der Waals surface area (Å²) in [6, 6.07) is 81.0. The Kier molecular flexibility index (Phi) is 8.20. The van der Waals surface area contributed by atoms with Crippen LogP contribution in [-0.4, -0.2) is 4.98 Å². The number of rotatable bonds is 6. The average molecular weight is 829 g/mol. The van der Waals surface area contributed by atoms with Crippen LogP contribution in [0.2, 0.25) is 0 Å². The van der Waals surface area contributed by atoms with Crippen LogP contribution in [0.15, 0.2) is 231 Å². The van der Waals surface area contributed by atoms with E-state index in [0.717, 1.165) is 33.8 Å². The zero-order valence-electron chi connectivity index (χ0n) is 36.3. The maximum Gasteiger partial charge on any atom is 0.0726 e. The van der Waals surface area contributed by atoms with Gasteiger partial charge in [0.05, 0.1) is 23.0 Å². The van der Waals surface area contributed by atoms with Crippen LogP contribution < -0.4 is 4.90 Å². The molecule has 0 saturated heterocycles. The van der Waals surface area contributed by atoms with Crippen LogP contribution in [0.3, 0.4) is 0 Å². The van der Waals surface area contributed by atoms with E-state index in [9.17, 15) is 0 Å². The molecule has 1 spiro atoms. The van der Waals surface area contributed by atoms with E-state index in [1.54, 1.807) is 0 Å². The second kappa shape index (κ2) is 14.2. The number of hydrogen-bond acceptors (Lipinski definition) is 2. The Morgan fingerprint density at radius 1 is 0.354 bits per heavy atom. The summed E-state index contributed by atoms with van der Waals surface area (Å²) in [5, 5.41) is 0. The van der Waals surface area contributed by atoms with Crippen molar-refractivity contribution in [2.75, 3.05) is 4.90 Å². The van der Waals surface area contributed by atoms with E-state index in [2.05, 4.69) is 243 Å². The second-order valence-corrected chi connectivity index (χ2v) is 18.2. The van der Waals surface area contributed by atoms with E-state index < -0.39 is 5.41 Å². The van der Waals surface area contributed by atoms with E-state index in [0.29, 0.717) is 0 Å². The molecule has 13 rings (SSSR count). The predicted octanol–water partition coefficient (Wildman–Crippen LogP) is 16.2. The number of hydrogen-bond donors (Lipinski definition) is 0. The molecule has 0 saturated carbocycles. The summed E-state index contributed by atoms with van der Waals surface area (Å²) in [5.74, 6) is 0. The van der Waals surface area contributed by atoms with Crippen molar-refractivity contribution in [3.05, 3.63) is 264 Å². The zero-order chi connectivity index (χ0) is 43.3. The van der Waals surface area contributed by atoms with Gasteiger partial charge in [0.1, 0.15) is 0 Å². The first-order chi connectivity index (χ1) is 32.0. The van der Waals surface area contributed by atoms with Crippen LogP contribution in [-0.2, 0) is 10.8 Å². The van der Waals surface area contributed by atoms with E-state index in [1.165, 1.54) is 83.5 Å². The Morgan fingerprint density at radius 2 is 0.831 bits per heavy atom. The van der Waals surface area contributed by atoms with E-state index in [4.69, 9.17) is 4.98 Å². The van der Waals surface area contributed by atoms with Crippen molar-refractivity contribution in [1.82, 2.24) is 4.98 Å². The molecule has 3 aliphatic carbocycles. The summed E-state index contributed by atoms with van der Waals surface area (Å²) in [6.07, 6.45) is 4.05. The molecule has 0 radical (unpaired) electrons. The molecule has 2 nitrogen and oxygen atoms in total. The minimum Gasteiger partial charge on any atom is -0.308 e. The first kappa shape index (κ1) is 37.5. The van der Waals surface area contributed by atoms with Gasteiger partial charge in [-0.15, -0.1) is 0 Å². The smallest absolute Gasteiger partial charge is 0.0726 e. The van der Waals surface area contributed by atoms with E-state index in [-0.39, 0.29) is 5.41 Å². The standard InChI is InChI=1S/C63H44N2/c1-62(2)53-30-13-9-26-48(53)51-28-17-29-52(61(51)62)50-37-38-64-40-59(50)65(58-34-18-27-44(41-19-5-3-6-20-41)60(58)42-21-7-4-8-22-42)43-35-36-49-47-25-12-16-33-56(47)63(57(49)39-43)54-31-14-10-23-45(54)46-24-11-15-32-55(46)63/h3-40H,1-2H3. The molecule has 0 aliphatic heterocycles. The zero-order valence-corrected chi connectivity index (χ0v) is 36.3. The van der Waals surface area contributed by atoms with E-state index >= 15 is 0 Å². The molecular formula is C63H44N2. The third-order valence-electron chi connectivity index (χ3n) is 14.6. The van der Waals surface area contributed by atoms with Crippen LogP contribution in [0.1, 0.15) is 47.2 Å². The molecule has 0 unspecified atom stereocenters. The largest absolute Gasteiger partial charge is 0.308 e. The molecule has 1 heterocycles. The van der Waals surface area contributed by atoms with Crippen LogP contribution in [0.4, 0.5) is 17.1 Å². The number of nitrogens with zero attached hydrogens (tertiary/aromatic N) is 2. The fraction of sp³-hybridized carbons (Fsp3) is 0.0635. The lowest BCUT2D eigenvalue weighted by Crippen LogP contribution is -2.26. The SMILES string of the molecule is CC1(C)c2ccccc2-c2cccc(-c3ccncc3N(c3ccc4c(c3)C3(c5ccccc5-c5ccccc53)c3ccccc3-4)c3cccc(-c4ccccc4)c3-c3ccccc3)c21. The molecule has 0 atom stereocenters. The van der Waals surface area contributed by atoms with Gasteiger partial charge in [-0.25, -0.2) is 0 Å². The van der Waals surface area contributed by atoms with Crippen molar-refractivity contribution in [3.8, 4) is 66.8 Å². The van der Waals surface area contributed by atoms with Gasteiger partial charge in [0.25, 0.3) is 0 Å². The lowest BCUT2D eigenvalue weighted by molar-refractivity contribution is 0.662. The number of aromatic nitrogens is 1. The lowest BCUT2D eigenvalue weighted by atomic mass is 9.70. The molecule has 10 aromatic rings. The summed E-state index contributed by atoms with van der Waals surface area (Å²) < 4.78 is 0. The average Bonchev–Trinajstić information content (AvgIpc) is 3.93. The summed E-state index contributed by atoms with van der Waals surface area (Å²) in [4.78, 5) is 7.50. The van der Waals surface area contributed by atoms with Gasteiger partial charge in [-0.2, -0.15) is 0 Å². The number of benzene rings is 9. The first-order valence-corrected chi connectivity index (χ1v) is 22.7. The topological polar surface area (TPSA) is 16.1 Å². The van der Waals surface area contributed by atoms with Crippen molar-refractivity contribution < 1.29 is 0 Å². The fourth-order valence-corrected chi connectivity index (χ4v) is 12.0. The van der Waals surface area contributed by atoms with Crippen molar-refractivity contribution >= 4 is 17.1 Å². The maximum absolute atomic E-state index is 4.99. The van der Waals surface area contributed by atoms with Crippen LogP contribution in [0.5, 0.6) is 0 Å². The quantitative estimate of drug-likeness (QED) is 0.166. The third-order valence-corrected chi connectivity index (χ3v) is 14.6. The Bertz CT molecular complexity index is 3460. The molecule has 1 aromatic heterocycles. The van der Waals surface area contributed by atoms with Crippen molar-refractivity contribution in [1.29, 1.82) is 0 Å². The molecule has 0 amide bonds. The van der Waals surface area contributed by atoms with Crippen LogP contribution in [0, 0.1) is 0 Å². The van der Waals surface area contributed by atoms with Gasteiger partial charge < -0.3 is 4.90 Å². The van der Waals surface area contributed by atoms with Gasteiger partial charge >= 0.3 is 0 Å². The minimum absolute atomic E-state index is 0.217.